The van der Waals surface area contributed by atoms with Gasteiger partial charge < -0.3 is 4.52 Å². The molecule has 0 aliphatic heterocycles. The molecule has 0 radical (unpaired) electrons. The van der Waals surface area contributed by atoms with E-state index in [1.165, 1.54) is 6.92 Å². The van der Waals surface area contributed by atoms with E-state index in [1.807, 2.05) is 0 Å². The lowest BCUT2D eigenvalue weighted by molar-refractivity contribution is -0.111. The standard InChI is InChI=1S/C12H21O5P/c1-10(13)8-9-15-18(14,16-11(2,3)4)17-12(5,6)7/h1-7H3. The van der Waals surface area contributed by atoms with Gasteiger partial charge in [0.1, 0.15) is 6.11 Å². The monoisotopic (exact) mass is 276 g/mol. The summed E-state index contributed by atoms with van der Waals surface area (Å²) in [6.07, 6.45) is 2.06. The molecule has 0 saturated carbocycles. The second kappa shape index (κ2) is 5.88. The summed E-state index contributed by atoms with van der Waals surface area (Å²) in [5.74, 6) is 1.73. The fraction of sp³-hybridized carbons (Fsp3) is 0.750. The van der Waals surface area contributed by atoms with E-state index in [9.17, 15) is 9.36 Å². The first-order valence-electron chi connectivity index (χ1n) is 5.55. The first kappa shape index (κ1) is 17.2. The number of carbonyl (C=O) groups excluding carboxylic acids is 1. The van der Waals surface area contributed by atoms with Crippen LogP contribution in [-0.4, -0.2) is 17.0 Å². The predicted octanol–water partition coefficient (Wildman–Crippen LogP) is 3.29. The van der Waals surface area contributed by atoms with Crippen molar-refractivity contribution in [2.45, 2.75) is 59.7 Å². The Bertz CT molecular complexity index is 383. The van der Waals surface area contributed by atoms with Gasteiger partial charge in [0.05, 0.1) is 11.2 Å². The highest BCUT2D eigenvalue weighted by atomic mass is 31.2. The van der Waals surface area contributed by atoms with Gasteiger partial charge in [-0.3, -0.25) is 13.8 Å². The number of carbonyl (C=O) groups is 1. The summed E-state index contributed by atoms with van der Waals surface area (Å²) in [5.41, 5.74) is -1.45. The zero-order valence-electron chi connectivity index (χ0n) is 12.0. The number of hydrogen-bond donors (Lipinski definition) is 0. The van der Waals surface area contributed by atoms with Gasteiger partial charge >= 0.3 is 7.82 Å². The van der Waals surface area contributed by atoms with E-state index in [4.69, 9.17) is 13.6 Å². The maximum absolute atomic E-state index is 12.3. The van der Waals surface area contributed by atoms with E-state index in [-0.39, 0.29) is 0 Å². The Labute approximate surface area is 109 Å². The van der Waals surface area contributed by atoms with Crippen LogP contribution in [0, 0.1) is 12.0 Å². The number of rotatable bonds is 3. The van der Waals surface area contributed by atoms with Crippen LogP contribution in [-0.2, 0) is 22.9 Å². The minimum absolute atomic E-state index is 0.395. The maximum atomic E-state index is 12.3. The van der Waals surface area contributed by atoms with Crippen molar-refractivity contribution in [1.82, 2.24) is 0 Å². The number of hydrogen-bond acceptors (Lipinski definition) is 5. The van der Waals surface area contributed by atoms with Crippen LogP contribution in [0.25, 0.3) is 0 Å². The van der Waals surface area contributed by atoms with E-state index in [2.05, 4.69) is 12.0 Å². The lowest BCUT2D eigenvalue weighted by Crippen LogP contribution is -2.24. The van der Waals surface area contributed by atoms with Crippen LogP contribution in [0.15, 0.2) is 0 Å². The largest absolute Gasteiger partial charge is 0.539 e. The lowest BCUT2D eigenvalue weighted by atomic mass is 10.2. The topological polar surface area (TPSA) is 61.8 Å². The molecule has 18 heavy (non-hydrogen) atoms. The van der Waals surface area contributed by atoms with Crippen LogP contribution < -0.4 is 0 Å². The number of phosphoric ester groups is 1. The molecule has 0 rings (SSSR count). The molecule has 0 aromatic rings. The maximum Gasteiger partial charge on any atom is 0.539 e. The van der Waals surface area contributed by atoms with E-state index in [0.29, 0.717) is 0 Å². The van der Waals surface area contributed by atoms with Gasteiger partial charge in [-0.25, -0.2) is 4.57 Å². The predicted molar refractivity (Wildman–Crippen MR) is 68.8 cm³/mol. The van der Waals surface area contributed by atoms with Crippen molar-refractivity contribution in [2.24, 2.45) is 0 Å². The van der Waals surface area contributed by atoms with Crippen LogP contribution in [0.2, 0.25) is 0 Å². The third kappa shape index (κ3) is 9.23. The highest BCUT2D eigenvalue weighted by Gasteiger charge is 2.38. The summed E-state index contributed by atoms with van der Waals surface area (Å²) in [4.78, 5) is 10.7. The highest BCUT2D eigenvalue weighted by Crippen LogP contribution is 2.55. The Morgan fingerprint density at radius 2 is 1.39 bits per heavy atom. The van der Waals surface area contributed by atoms with Crippen molar-refractivity contribution in [3.8, 4) is 12.0 Å². The van der Waals surface area contributed by atoms with E-state index in [1.54, 1.807) is 41.5 Å². The van der Waals surface area contributed by atoms with Gasteiger partial charge in [0.15, 0.2) is 0 Å². The Morgan fingerprint density at radius 1 is 1.00 bits per heavy atom. The van der Waals surface area contributed by atoms with Crippen molar-refractivity contribution in [3.05, 3.63) is 0 Å². The molecule has 0 aromatic heterocycles. The molecule has 0 fully saturated rings. The summed E-state index contributed by atoms with van der Waals surface area (Å²) in [6.45, 7) is 11.6. The molecule has 0 saturated heterocycles. The Kier molecular flexibility index (Phi) is 5.61. The molecule has 6 heteroatoms. The molecule has 104 valence electrons. The van der Waals surface area contributed by atoms with Gasteiger partial charge in [0.2, 0.25) is 5.78 Å². The Balaban J connectivity index is 5.01. The Hall–Kier alpha value is -0.820. The van der Waals surface area contributed by atoms with Gasteiger partial charge in [-0.1, -0.05) is 0 Å². The van der Waals surface area contributed by atoms with Gasteiger partial charge in [0, 0.05) is 12.8 Å². The molecule has 0 N–H and O–H groups in total. The summed E-state index contributed by atoms with van der Waals surface area (Å²) >= 11 is 0. The average molecular weight is 276 g/mol. The first-order chi connectivity index (χ1) is 7.83. The lowest BCUT2D eigenvalue weighted by Gasteiger charge is -2.29. The summed E-state index contributed by atoms with van der Waals surface area (Å²) in [5, 5.41) is 0. The zero-order valence-corrected chi connectivity index (χ0v) is 12.9. The second-order valence-corrected chi connectivity index (χ2v) is 7.17. The highest BCUT2D eigenvalue weighted by molar-refractivity contribution is 7.48. The number of ketones is 1. The zero-order chi connectivity index (χ0) is 14.6. The molecule has 0 heterocycles. The Morgan fingerprint density at radius 3 is 1.67 bits per heavy atom. The molecule has 0 unspecified atom stereocenters. The average Bonchev–Trinajstić information content (AvgIpc) is 1.93. The minimum atomic E-state index is -3.84. The van der Waals surface area contributed by atoms with Crippen LogP contribution in [0.4, 0.5) is 0 Å². The fourth-order valence-corrected chi connectivity index (χ4v) is 2.49. The first-order valence-corrected chi connectivity index (χ1v) is 7.01. The molecular weight excluding hydrogens is 255 g/mol. The van der Waals surface area contributed by atoms with E-state index in [0.717, 1.165) is 0 Å². The molecule has 0 aromatic carbocycles. The third-order valence-corrected chi connectivity index (χ3v) is 3.01. The molecule has 0 spiro atoms. The number of Topliss-reactive ketones (excluding diaryl/α,β-unsaturated/α-hetero) is 1. The van der Waals surface area contributed by atoms with Crippen molar-refractivity contribution < 1.29 is 22.9 Å². The third-order valence-electron chi connectivity index (χ3n) is 1.16. The molecule has 0 aliphatic rings. The molecular formula is C12H21O5P. The molecule has 0 atom stereocenters. The normalized spacial score (nSPS) is 12.6. The van der Waals surface area contributed by atoms with Gasteiger partial charge in [-0.15, -0.1) is 0 Å². The summed E-state index contributed by atoms with van der Waals surface area (Å²) < 4.78 is 27.7. The number of phosphoric acid groups is 1. The minimum Gasteiger partial charge on any atom is -0.350 e. The molecule has 0 bridgehead atoms. The fourth-order valence-electron chi connectivity index (χ4n) is 0.877. The van der Waals surface area contributed by atoms with Gasteiger partial charge in [-0.05, 0) is 41.5 Å². The van der Waals surface area contributed by atoms with Crippen LogP contribution in [0.5, 0.6) is 0 Å². The van der Waals surface area contributed by atoms with Crippen molar-refractivity contribution in [1.29, 1.82) is 0 Å². The van der Waals surface area contributed by atoms with Crippen molar-refractivity contribution in [3.63, 3.8) is 0 Å². The van der Waals surface area contributed by atoms with Crippen molar-refractivity contribution >= 4 is 13.6 Å². The summed E-state index contributed by atoms with van der Waals surface area (Å²) in [7, 11) is -3.84. The SMILES string of the molecule is CC(=O)C#COP(=O)(OC(C)(C)C)OC(C)(C)C. The van der Waals surface area contributed by atoms with Crippen LogP contribution >= 0.6 is 7.82 Å². The van der Waals surface area contributed by atoms with Gasteiger partial charge in [-0.2, -0.15) is 0 Å². The van der Waals surface area contributed by atoms with Crippen LogP contribution in [0.3, 0.4) is 0 Å². The molecule has 0 aliphatic carbocycles. The second-order valence-electron chi connectivity index (χ2n) is 5.73. The van der Waals surface area contributed by atoms with Crippen molar-refractivity contribution in [2.75, 3.05) is 0 Å². The van der Waals surface area contributed by atoms with Crippen LogP contribution in [0.1, 0.15) is 48.5 Å². The van der Waals surface area contributed by atoms with E-state index < -0.39 is 24.8 Å². The quantitative estimate of drug-likeness (QED) is 0.584. The summed E-state index contributed by atoms with van der Waals surface area (Å²) in [6, 6.07) is 0. The molecule has 0 amide bonds. The molecule has 5 nitrogen and oxygen atoms in total. The van der Waals surface area contributed by atoms with Gasteiger partial charge in [0.25, 0.3) is 0 Å². The smallest absolute Gasteiger partial charge is 0.350 e. The van der Waals surface area contributed by atoms with E-state index >= 15 is 0 Å².